The van der Waals surface area contributed by atoms with Crippen LogP contribution < -0.4 is 10.3 Å². The number of hydrogen-bond donors (Lipinski definition) is 0. The number of Topliss-reactive ketones (excluding diaryl/α,β-unsaturated/α-hetero) is 1. The summed E-state index contributed by atoms with van der Waals surface area (Å²) in [5.41, 5.74) is 4.09. The van der Waals surface area contributed by atoms with Gasteiger partial charge in [0.05, 0.1) is 11.4 Å². The molecule has 0 amide bonds. The monoisotopic (exact) mass is 493 g/mol. The van der Waals surface area contributed by atoms with Crippen molar-refractivity contribution in [3.8, 4) is 17.1 Å². The summed E-state index contributed by atoms with van der Waals surface area (Å²) in [4.78, 5) is 26.4. The number of halogens is 1. The van der Waals surface area contributed by atoms with Crippen LogP contribution in [-0.4, -0.2) is 26.3 Å². The van der Waals surface area contributed by atoms with Gasteiger partial charge in [-0.1, -0.05) is 34.1 Å². The molecule has 6 nitrogen and oxygen atoms in total. The van der Waals surface area contributed by atoms with Crippen LogP contribution in [0.3, 0.4) is 0 Å². The molecule has 4 rings (SSSR count). The summed E-state index contributed by atoms with van der Waals surface area (Å²) in [6, 6.07) is 18.7. The van der Waals surface area contributed by atoms with Gasteiger partial charge >= 0.3 is 0 Å². The first kappa shape index (κ1) is 21.9. The molecule has 0 atom stereocenters. The van der Waals surface area contributed by atoms with E-state index in [0.717, 1.165) is 27.2 Å². The van der Waals surface area contributed by atoms with Crippen LogP contribution in [0.15, 0.2) is 69.9 Å². The van der Waals surface area contributed by atoms with Gasteiger partial charge in [-0.2, -0.15) is 0 Å². The summed E-state index contributed by atoms with van der Waals surface area (Å²) in [5, 5.41) is 0. The predicted octanol–water partition coefficient (Wildman–Crippen LogP) is 4.92. The maximum atomic E-state index is 13.4. The van der Waals surface area contributed by atoms with E-state index >= 15 is 0 Å². The van der Waals surface area contributed by atoms with Gasteiger partial charge in [0.25, 0.3) is 5.56 Å². The molecule has 4 aromatic rings. The topological polar surface area (TPSA) is 58.2 Å². The molecular formula is C25H24BrN3O3. The van der Waals surface area contributed by atoms with Crippen molar-refractivity contribution >= 4 is 21.7 Å². The Morgan fingerprint density at radius 2 is 1.62 bits per heavy atom. The second kappa shape index (κ2) is 8.67. The molecular weight excluding hydrogens is 470 g/mol. The Balaban J connectivity index is 1.70. The highest BCUT2D eigenvalue weighted by Gasteiger charge is 2.23. The highest BCUT2D eigenvalue weighted by molar-refractivity contribution is 9.10. The lowest BCUT2D eigenvalue weighted by atomic mass is 10.1. The van der Waals surface area contributed by atoms with Crippen molar-refractivity contribution in [2.75, 3.05) is 6.61 Å². The SMILES string of the molecule is Cc1cc(C(=O)COc2ccc(Br)cc2)c(C)n1-c1c(C)n(C)n(-c2ccccc2)c1=O. The van der Waals surface area contributed by atoms with Crippen molar-refractivity contribution in [2.24, 2.45) is 7.05 Å². The summed E-state index contributed by atoms with van der Waals surface area (Å²) >= 11 is 3.38. The fourth-order valence-electron chi connectivity index (χ4n) is 3.96. The zero-order valence-corrected chi connectivity index (χ0v) is 20.0. The number of hydrogen-bond acceptors (Lipinski definition) is 3. The van der Waals surface area contributed by atoms with E-state index in [9.17, 15) is 9.59 Å². The Hall–Kier alpha value is -3.32. The molecule has 2 aromatic carbocycles. The van der Waals surface area contributed by atoms with Crippen LogP contribution in [0.5, 0.6) is 5.75 Å². The van der Waals surface area contributed by atoms with E-state index < -0.39 is 0 Å². The van der Waals surface area contributed by atoms with Crippen molar-refractivity contribution in [2.45, 2.75) is 20.8 Å². The summed E-state index contributed by atoms with van der Waals surface area (Å²) in [7, 11) is 1.86. The van der Waals surface area contributed by atoms with E-state index in [1.165, 1.54) is 0 Å². The van der Waals surface area contributed by atoms with Gasteiger partial charge in [-0.05, 0) is 63.2 Å². The number of ether oxygens (including phenoxy) is 1. The van der Waals surface area contributed by atoms with E-state index in [1.54, 1.807) is 16.8 Å². The molecule has 0 saturated carbocycles. The average Bonchev–Trinajstić information content (AvgIpc) is 3.19. The largest absolute Gasteiger partial charge is 0.485 e. The average molecular weight is 494 g/mol. The van der Waals surface area contributed by atoms with E-state index in [1.807, 2.05) is 85.6 Å². The first-order chi connectivity index (χ1) is 15.3. The normalized spacial score (nSPS) is 11.0. The predicted molar refractivity (Wildman–Crippen MR) is 129 cm³/mol. The van der Waals surface area contributed by atoms with Crippen molar-refractivity contribution in [1.82, 2.24) is 13.9 Å². The number of aryl methyl sites for hydroxylation is 1. The van der Waals surface area contributed by atoms with Crippen molar-refractivity contribution in [3.63, 3.8) is 0 Å². The third kappa shape index (κ3) is 3.84. The van der Waals surface area contributed by atoms with Gasteiger partial charge in [0.2, 0.25) is 5.78 Å². The first-order valence-corrected chi connectivity index (χ1v) is 11.0. The van der Waals surface area contributed by atoms with Gasteiger partial charge in [-0.3, -0.25) is 14.3 Å². The molecule has 7 heteroatoms. The van der Waals surface area contributed by atoms with E-state index in [-0.39, 0.29) is 17.9 Å². The van der Waals surface area contributed by atoms with Crippen molar-refractivity contribution in [1.29, 1.82) is 0 Å². The smallest absolute Gasteiger partial charge is 0.295 e. The second-order valence-electron chi connectivity index (χ2n) is 7.70. The molecule has 0 aliphatic carbocycles. The molecule has 164 valence electrons. The molecule has 0 bridgehead atoms. The van der Waals surface area contributed by atoms with Crippen LogP contribution in [0.2, 0.25) is 0 Å². The molecule has 0 N–H and O–H groups in total. The van der Waals surface area contributed by atoms with Crippen LogP contribution in [0, 0.1) is 20.8 Å². The number of carbonyl (C=O) groups is 1. The minimum Gasteiger partial charge on any atom is -0.485 e. The molecule has 0 saturated heterocycles. The summed E-state index contributed by atoms with van der Waals surface area (Å²) in [6.07, 6.45) is 0. The standard InChI is InChI=1S/C25H24BrN3O3/c1-16-14-22(23(30)15-32-21-12-10-19(26)11-13-21)17(2)28(16)24-18(3)27(4)29(25(24)31)20-8-6-5-7-9-20/h5-14H,15H2,1-4H3. The Labute approximate surface area is 194 Å². The zero-order valence-electron chi connectivity index (χ0n) is 18.4. The lowest BCUT2D eigenvalue weighted by molar-refractivity contribution is 0.0921. The molecule has 0 unspecified atom stereocenters. The number of para-hydroxylation sites is 1. The lowest BCUT2D eigenvalue weighted by Gasteiger charge is -2.09. The minimum atomic E-state index is -0.136. The molecule has 0 spiro atoms. The van der Waals surface area contributed by atoms with Crippen LogP contribution in [0.25, 0.3) is 11.4 Å². The van der Waals surface area contributed by atoms with Gasteiger partial charge in [0.1, 0.15) is 11.4 Å². The highest BCUT2D eigenvalue weighted by atomic mass is 79.9. The van der Waals surface area contributed by atoms with E-state index in [0.29, 0.717) is 17.0 Å². The zero-order chi connectivity index (χ0) is 23.0. The maximum absolute atomic E-state index is 13.4. The number of aromatic nitrogens is 3. The van der Waals surface area contributed by atoms with Crippen LogP contribution in [0.4, 0.5) is 0 Å². The third-order valence-electron chi connectivity index (χ3n) is 5.66. The third-order valence-corrected chi connectivity index (χ3v) is 6.19. The summed E-state index contributed by atoms with van der Waals surface area (Å²) in [6.45, 7) is 5.60. The number of rotatable bonds is 6. The molecule has 2 aromatic heterocycles. The van der Waals surface area contributed by atoms with Gasteiger partial charge in [-0.25, -0.2) is 4.68 Å². The van der Waals surface area contributed by atoms with Gasteiger partial charge in [0, 0.05) is 28.5 Å². The lowest BCUT2D eigenvalue weighted by Crippen LogP contribution is -2.22. The molecule has 0 fully saturated rings. The number of carbonyl (C=O) groups excluding carboxylic acids is 1. The number of benzene rings is 2. The van der Waals surface area contributed by atoms with E-state index in [4.69, 9.17) is 4.74 Å². The Bertz CT molecular complexity index is 1350. The Morgan fingerprint density at radius 3 is 2.28 bits per heavy atom. The molecule has 2 heterocycles. The molecule has 0 aliphatic rings. The van der Waals surface area contributed by atoms with Gasteiger partial charge in [-0.15, -0.1) is 0 Å². The minimum absolute atomic E-state index is 0.0755. The van der Waals surface area contributed by atoms with Gasteiger partial charge < -0.3 is 9.30 Å². The molecule has 0 radical (unpaired) electrons. The quantitative estimate of drug-likeness (QED) is 0.358. The van der Waals surface area contributed by atoms with E-state index in [2.05, 4.69) is 15.9 Å². The Morgan fingerprint density at radius 1 is 0.969 bits per heavy atom. The fraction of sp³-hybridized carbons (Fsp3) is 0.200. The Kier molecular flexibility index (Phi) is 5.93. The van der Waals surface area contributed by atoms with Crippen LogP contribution >= 0.6 is 15.9 Å². The molecule has 0 aliphatic heterocycles. The number of nitrogens with zero attached hydrogens (tertiary/aromatic N) is 3. The fourth-order valence-corrected chi connectivity index (χ4v) is 4.22. The molecule has 32 heavy (non-hydrogen) atoms. The van der Waals surface area contributed by atoms with Crippen molar-refractivity contribution < 1.29 is 9.53 Å². The second-order valence-corrected chi connectivity index (χ2v) is 8.61. The van der Waals surface area contributed by atoms with Gasteiger partial charge in [0.15, 0.2) is 6.61 Å². The van der Waals surface area contributed by atoms with Crippen LogP contribution in [0.1, 0.15) is 27.4 Å². The summed E-state index contributed by atoms with van der Waals surface area (Å²) in [5.74, 6) is 0.490. The summed E-state index contributed by atoms with van der Waals surface area (Å²) < 4.78 is 12.0. The maximum Gasteiger partial charge on any atom is 0.295 e. The first-order valence-electron chi connectivity index (χ1n) is 10.2. The highest BCUT2D eigenvalue weighted by Crippen LogP contribution is 2.23. The van der Waals surface area contributed by atoms with Crippen molar-refractivity contribution in [3.05, 3.63) is 98.1 Å². The van der Waals surface area contributed by atoms with Crippen LogP contribution in [-0.2, 0) is 7.05 Å². The number of ketones is 1.